The van der Waals surface area contributed by atoms with Crippen molar-refractivity contribution in [3.8, 4) is 0 Å². The predicted octanol–water partition coefficient (Wildman–Crippen LogP) is 1.06. The largest absolute Gasteiger partial charge is 0.509 e. The summed E-state index contributed by atoms with van der Waals surface area (Å²) in [6, 6.07) is 3.23. The molecule has 0 saturated carbocycles. The van der Waals surface area contributed by atoms with Crippen molar-refractivity contribution < 1.29 is 38.0 Å². The highest BCUT2D eigenvalue weighted by Crippen LogP contribution is 2.40. The normalized spacial score (nSPS) is 27.5. The molecule has 160 valence electrons. The fraction of sp³-hybridized carbons (Fsp3) is 0.588. The number of carbonyl (C=O) groups excluding carboxylic acids is 1. The van der Waals surface area contributed by atoms with Gasteiger partial charge in [0.2, 0.25) is 0 Å². The van der Waals surface area contributed by atoms with Crippen molar-refractivity contribution in [2.45, 2.75) is 56.7 Å². The molecule has 2 aromatic rings. The lowest BCUT2D eigenvalue weighted by atomic mass is 9.97. The van der Waals surface area contributed by atoms with Gasteiger partial charge in [0.15, 0.2) is 11.4 Å². The number of aromatic nitrogens is 3. The van der Waals surface area contributed by atoms with Gasteiger partial charge < -0.3 is 30.2 Å². The van der Waals surface area contributed by atoms with Crippen LogP contribution in [0, 0.1) is 0 Å². The Kier molecular flexibility index (Phi) is 5.36. The van der Waals surface area contributed by atoms with Crippen molar-refractivity contribution in [1.29, 1.82) is 0 Å². The minimum atomic E-state index is -2.91. The molecular weight excluding hydrogens is 394 g/mol. The Labute approximate surface area is 164 Å². The molecule has 1 saturated heterocycles. The lowest BCUT2D eigenvalue weighted by Crippen LogP contribution is -2.45. The van der Waals surface area contributed by atoms with E-state index in [9.17, 15) is 23.8 Å². The summed E-state index contributed by atoms with van der Waals surface area (Å²) in [4.78, 5) is 15.6. The lowest BCUT2D eigenvalue weighted by Gasteiger charge is -2.28. The number of hydrogen-bond acceptors (Lipinski definition) is 9. The highest BCUT2D eigenvalue weighted by molar-refractivity contribution is 5.65. The first kappa shape index (κ1) is 21.1. The number of nitrogen functional groups attached to an aromatic ring is 1. The Morgan fingerprint density at radius 2 is 2.14 bits per heavy atom. The van der Waals surface area contributed by atoms with E-state index in [1.165, 1.54) is 17.8 Å². The molecule has 0 radical (unpaired) electrons. The van der Waals surface area contributed by atoms with E-state index in [-0.39, 0.29) is 5.82 Å². The van der Waals surface area contributed by atoms with Gasteiger partial charge in [0.1, 0.15) is 42.4 Å². The van der Waals surface area contributed by atoms with Crippen molar-refractivity contribution in [2.24, 2.45) is 0 Å². The predicted molar refractivity (Wildman–Crippen MR) is 94.2 cm³/mol. The molecule has 3 heterocycles. The summed E-state index contributed by atoms with van der Waals surface area (Å²) in [7, 11) is 0. The molecule has 1 aliphatic heterocycles. The molecule has 2 aromatic heterocycles. The number of aliphatic hydroxyl groups is 2. The van der Waals surface area contributed by atoms with Crippen LogP contribution in [0.25, 0.3) is 5.52 Å². The number of fused-ring (bicyclic) bond motifs is 1. The third-order valence-corrected chi connectivity index (χ3v) is 4.81. The van der Waals surface area contributed by atoms with Gasteiger partial charge in [0.25, 0.3) is 6.43 Å². The maximum absolute atomic E-state index is 12.8. The number of nitrogens with two attached hydrogens (primary N) is 1. The molecule has 0 amide bonds. The van der Waals surface area contributed by atoms with Crippen LogP contribution in [-0.4, -0.2) is 67.4 Å². The van der Waals surface area contributed by atoms with Gasteiger partial charge in [-0.25, -0.2) is 23.1 Å². The number of anilines is 1. The third kappa shape index (κ3) is 3.82. The van der Waals surface area contributed by atoms with Crippen molar-refractivity contribution in [3.63, 3.8) is 0 Å². The number of alkyl halides is 2. The quantitative estimate of drug-likeness (QED) is 0.610. The number of carbonyl (C=O) groups is 1. The lowest BCUT2D eigenvalue weighted by molar-refractivity contribution is -0.131. The number of rotatable bonds is 5. The van der Waals surface area contributed by atoms with Crippen LogP contribution in [-0.2, 0) is 14.2 Å². The number of hydrogen-bond donors (Lipinski definition) is 3. The molecule has 10 nitrogen and oxygen atoms in total. The molecule has 0 aromatic carbocycles. The second kappa shape index (κ2) is 7.35. The van der Waals surface area contributed by atoms with Gasteiger partial charge in [0, 0.05) is 0 Å². The van der Waals surface area contributed by atoms with Crippen LogP contribution in [0.4, 0.5) is 19.4 Å². The van der Waals surface area contributed by atoms with Gasteiger partial charge >= 0.3 is 6.16 Å². The minimum Gasteiger partial charge on any atom is -0.431 e. The molecule has 0 unspecified atom stereocenters. The van der Waals surface area contributed by atoms with Crippen molar-refractivity contribution in [1.82, 2.24) is 14.6 Å². The fourth-order valence-corrected chi connectivity index (χ4v) is 2.99. The first-order valence-electron chi connectivity index (χ1n) is 8.72. The van der Waals surface area contributed by atoms with Crippen LogP contribution in [0.1, 0.15) is 32.6 Å². The van der Waals surface area contributed by atoms with Crippen molar-refractivity contribution >= 4 is 17.5 Å². The molecule has 4 N–H and O–H groups in total. The number of aliphatic hydroxyl groups excluding tert-OH is 2. The highest BCUT2D eigenvalue weighted by Gasteiger charge is 2.53. The smallest absolute Gasteiger partial charge is 0.431 e. The van der Waals surface area contributed by atoms with Gasteiger partial charge in [0.05, 0.1) is 5.69 Å². The van der Waals surface area contributed by atoms with E-state index in [0.717, 1.165) is 13.8 Å². The zero-order valence-electron chi connectivity index (χ0n) is 16.0. The summed E-state index contributed by atoms with van der Waals surface area (Å²) >= 11 is 0. The summed E-state index contributed by atoms with van der Waals surface area (Å²) in [6.07, 6.45) is -6.89. The Hall–Kier alpha value is -2.57. The highest BCUT2D eigenvalue weighted by atomic mass is 19.3. The van der Waals surface area contributed by atoms with E-state index in [1.54, 1.807) is 12.1 Å². The van der Waals surface area contributed by atoms with E-state index in [0.29, 0.717) is 11.2 Å². The number of ether oxygens (including phenoxy) is 3. The van der Waals surface area contributed by atoms with Crippen LogP contribution in [0.5, 0.6) is 0 Å². The zero-order chi connectivity index (χ0) is 21.6. The maximum Gasteiger partial charge on any atom is 0.509 e. The van der Waals surface area contributed by atoms with E-state index in [2.05, 4.69) is 14.8 Å². The minimum absolute atomic E-state index is 0.217. The molecule has 0 aliphatic carbocycles. The Morgan fingerprint density at radius 1 is 1.45 bits per heavy atom. The van der Waals surface area contributed by atoms with Crippen molar-refractivity contribution in [2.75, 3.05) is 12.3 Å². The molecule has 1 fully saturated rings. The molecular formula is C17H22F2N4O6. The topological polar surface area (TPSA) is 141 Å². The van der Waals surface area contributed by atoms with Gasteiger partial charge in [-0.1, -0.05) is 0 Å². The van der Waals surface area contributed by atoms with Gasteiger partial charge in [-0.15, -0.1) is 0 Å². The molecule has 29 heavy (non-hydrogen) atoms. The Bertz CT molecular complexity index is 907. The second-order valence-electron chi connectivity index (χ2n) is 7.53. The molecule has 0 spiro atoms. The monoisotopic (exact) mass is 416 g/mol. The van der Waals surface area contributed by atoms with Crippen LogP contribution in [0.3, 0.4) is 0 Å². The average molecular weight is 416 g/mol. The van der Waals surface area contributed by atoms with Gasteiger partial charge in [-0.2, -0.15) is 5.10 Å². The molecule has 3 rings (SSSR count). The Morgan fingerprint density at radius 3 is 2.79 bits per heavy atom. The van der Waals surface area contributed by atoms with E-state index in [4.69, 9.17) is 15.2 Å². The van der Waals surface area contributed by atoms with Crippen LogP contribution in [0.15, 0.2) is 18.5 Å². The van der Waals surface area contributed by atoms with Crippen molar-refractivity contribution in [3.05, 3.63) is 24.2 Å². The molecule has 0 bridgehead atoms. The summed E-state index contributed by atoms with van der Waals surface area (Å²) in [5, 5.41) is 25.0. The first-order chi connectivity index (χ1) is 13.5. The number of nitrogens with zero attached hydrogens (tertiary/aromatic N) is 3. The van der Waals surface area contributed by atoms with Gasteiger partial charge in [-0.3, -0.25) is 0 Å². The standard InChI is InChI=1S/C17H22F2N4O6/c1-16(2,14(18)19)29-15(26)27-6-17(3)12(25)10(24)11(28-17)8-4-5-9-13(20)21-7-22-23(8)9/h4-5,7,10-12,14,24-25H,6H2,1-3H3,(H2,20,21,22)/t10-,11-,12-,17+/m0/s1. The summed E-state index contributed by atoms with van der Waals surface area (Å²) in [5.74, 6) is 0.217. The van der Waals surface area contributed by atoms with Gasteiger partial charge in [-0.05, 0) is 32.9 Å². The van der Waals surface area contributed by atoms with Crippen LogP contribution < -0.4 is 5.73 Å². The second-order valence-corrected chi connectivity index (χ2v) is 7.53. The molecule has 12 heteroatoms. The first-order valence-corrected chi connectivity index (χ1v) is 8.72. The third-order valence-electron chi connectivity index (χ3n) is 4.81. The summed E-state index contributed by atoms with van der Waals surface area (Å²) in [5.41, 5.74) is 3.09. The summed E-state index contributed by atoms with van der Waals surface area (Å²) < 4.78 is 42.3. The Balaban J connectivity index is 1.74. The fourth-order valence-electron chi connectivity index (χ4n) is 2.99. The average Bonchev–Trinajstić information content (AvgIpc) is 3.16. The molecule has 4 atom stereocenters. The summed E-state index contributed by atoms with van der Waals surface area (Å²) in [6.45, 7) is 2.94. The van der Waals surface area contributed by atoms with E-state index >= 15 is 0 Å². The number of halogens is 2. The maximum atomic E-state index is 12.8. The van der Waals surface area contributed by atoms with Crippen LogP contribution in [0.2, 0.25) is 0 Å². The SMILES string of the molecule is CC(C)(OC(=O)OC[C@@]1(C)O[C@@H](c2ccc3c(N)ncnn23)[C@H](O)[C@@H]1O)C(F)F. The molecule has 1 aliphatic rings. The van der Waals surface area contributed by atoms with Crippen LogP contribution >= 0.6 is 0 Å². The van der Waals surface area contributed by atoms with E-state index < -0.39 is 48.7 Å². The van der Waals surface area contributed by atoms with E-state index in [1.807, 2.05) is 0 Å². The zero-order valence-corrected chi connectivity index (χ0v) is 16.0.